The molecular weight excluding hydrogens is 229 g/mol. The molecule has 0 saturated carbocycles. The molecule has 2 atom stereocenters. The molecule has 2 nitrogen and oxygen atoms in total. The summed E-state index contributed by atoms with van der Waals surface area (Å²) in [5.74, 6) is 0.162. The van der Waals surface area contributed by atoms with E-state index in [1.54, 1.807) is 12.1 Å². The van der Waals surface area contributed by atoms with Crippen molar-refractivity contribution in [2.75, 3.05) is 0 Å². The van der Waals surface area contributed by atoms with Crippen molar-refractivity contribution < 1.29 is 9.50 Å². The van der Waals surface area contributed by atoms with E-state index in [9.17, 15) is 4.39 Å². The third-order valence-electron chi connectivity index (χ3n) is 3.30. The number of hydrogen-bond donors (Lipinski definition) is 2. The highest BCUT2D eigenvalue weighted by Crippen LogP contribution is 2.12. The second-order valence-electron chi connectivity index (χ2n) is 4.76. The molecule has 0 aromatic heterocycles. The Labute approximate surface area is 109 Å². The van der Waals surface area contributed by atoms with E-state index in [0.717, 1.165) is 12.0 Å². The average Bonchev–Trinajstić information content (AvgIpc) is 2.37. The third kappa shape index (κ3) is 4.24. The predicted octanol–water partition coefficient (Wildman–Crippen LogP) is 3.01. The van der Waals surface area contributed by atoms with Crippen LogP contribution in [0.1, 0.15) is 31.4 Å². The Morgan fingerprint density at radius 1 is 1.44 bits per heavy atom. The lowest BCUT2D eigenvalue weighted by atomic mass is 9.99. The van der Waals surface area contributed by atoms with E-state index in [1.165, 1.54) is 6.07 Å². The number of nitrogens with one attached hydrogen (secondary N) is 1. The normalized spacial score (nSPS) is 14.2. The fourth-order valence-electron chi connectivity index (χ4n) is 1.81. The fraction of sp³-hybridized carbons (Fsp3) is 0.467. The highest BCUT2D eigenvalue weighted by molar-refractivity contribution is 5.24. The zero-order chi connectivity index (χ0) is 13.5. The minimum Gasteiger partial charge on any atom is -0.392 e. The fourth-order valence-corrected chi connectivity index (χ4v) is 1.81. The van der Waals surface area contributed by atoms with Crippen molar-refractivity contribution in [1.29, 1.82) is 0 Å². The van der Waals surface area contributed by atoms with Crippen molar-refractivity contribution in [1.82, 2.24) is 5.32 Å². The van der Waals surface area contributed by atoms with Gasteiger partial charge in [0.2, 0.25) is 0 Å². The van der Waals surface area contributed by atoms with Gasteiger partial charge in [0.25, 0.3) is 0 Å². The van der Waals surface area contributed by atoms with Crippen molar-refractivity contribution in [3.05, 3.63) is 47.8 Å². The minimum absolute atomic E-state index is 0.262. The number of rotatable bonds is 7. The van der Waals surface area contributed by atoms with Crippen LogP contribution in [0.5, 0.6) is 0 Å². The topological polar surface area (TPSA) is 32.3 Å². The summed E-state index contributed by atoms with van der Waals surface area (Å²) in [6, 6.07) is 5.21. The molecule has 0 aliphatic carbocycles. The molecule has 18 heavy (non-hydrogen) atoms. The van der Waals surface area contributed by atoms with Crippen LogP contribution in [0, 0.1) is 11.7 Å². The van der Waals surface area contributed by atoms with E-state index >= 15 is 0 Å². The molecule has 2 unspecified atom stereocenters. The van der Waals surface area contributed by atoms with Gasteiger partial charge in [0, 0.05) is 18.2 Å². The Morgan fingerprint density at radius 3 is 2.78 bits per heavy atom. The smallest absolute Gasteiger partial charge is 0.128 e. The second-order valence-corrected chi connectivity index (χ2v) is 4.76. The van der Waals surface area contributed by atoms with Crippen molar-refractivity contribution in [2.24, 2.45) is 5.92 Å². The van der Waals surface area contributed by atoms with Crippen LogP contribution in [-0.4, -0.2) is 11.1 Å². The van der Waals surface area contributed by atoms with Gasteiger partial charge in [-0.15, -0.1) is 6.58 Å². The lowest BCUT2D eigenvalue weighted by molar-refractivity contribution is 0.275. The summed E-state index contributed by atoms with van der Waals surface area (Å²) in [6.07, 6.45) is 2.89. The minimum atomic E-state index is -0.352. The van der Waals surface area contributed by atoms with E-state index in [4.69, 9.17) is 5.11 Å². The molecule has 0 bridgehead atoms. The summed E-state index contributed by atoms with van der Waals surface area (Å²) in [5.41, 5.74) is 1.33. The molecule has 100 valence electrons. The van der Waals surface area contributed by atoms with Gasteiger partial charge in [0.1, 0.15) is 5.82 Å². The van der Waals surface area contributed by atoms with Crippen LogP contribution in [0.15, 0.2) is 30.9 Å². The molecule has 0 saturated heterocycles. The predicted molar refractivity (Wildman–Crippen MR) is 72.6 cm³/mol. The van der Waals surface area contributed by atoms with Crippen LogP contribution in [-0.2, 0) is 13.2 Å². The van der Waals surface area contributed by atoms with Gasteiger partial charge < -0.3 is 10.4 Å². The Bertz CT molecular complexity index is 392. The summed E-state index contributed by atoms with van der Waals surface area (Å²) in [5, 5.41) is 12.4. The molecule has 2 N–H and O–H groups in total. The quantitative estimate of drug-likeness (QED) is 0.730. The molecule has 0 heterocycles. The van der Waals surface area contributed by atoms with Gasteiger partial charge in [-0.2, -0.15) is 0 Å². The van der Waals surface area contributed by atoms with Gasteiger partial charge >= 0.3 is 0 Å². The summed E-state index contributed by atoms with van der Waals surface area (Å²) >= 11 is 0. The van der Waals surface area contributed by atoms with E-state index in [2.05, 4.69) is 25.7 Å². The highest BCUT2D eigenvalue weighted by Gasteiger charge is 2.10. The van der Waals surface area contributed by atoms with Crippen LogP contribution >= 0.6 is 0 Å². The van der Waals surface area contributed by atoms with E-state index in [1.807, 2.05) is 6.08 Å². The molecule has 3 heteroatoms. The molecule has 0 amide bonds. The summed E-state index contributed by atoms with van der Waals surface area (Å²) < 4.78 is 13.2. The monoisotopic (exact) mass is 251 g/mol. The largest absolute Gasteiger partial charge is 0.392 e. The van der Waals surface area contributed by atoms with Crippen LogP contribution in [0.2, 0.25) is 0 Å². The Hall–Kier alpha value is -1.19. The summed E-state index contributed by atoms with van der Waals surface area (Å²) in [4.78, 5) is 0. The number of benzene rings is 1. The van der Waals surface area contributed by atoms with E-state index in [0.29, 0.717) is 24.1 Å². The third-order valence-corrected chi connectivity index (χ3v) is 3.30. The molecular formula is C15H22FNO. The highest BCUT2D eigenvalue weighted by atomic mass is 19.1. The maximum absolute atomic E-state index is 13.2. The standard InChI is InChI=1S/C15H22FNO/c1-4-5-11(2)12(3)17-9-13-6-7-15(16)14(8-13)10-18/h4,6-8,11-12,17-18H,1,5,9-10H2,2-3H3. The first-order chi connectivity index (χ1) is 8.58. The molecule has 1 aromatic rings. The number of halogens is 1. The van der Waals surface area contributed by atoms with Gasteiger partial charge in [0.05, 0.1) is 6.61 Å². The van der Waals surface area contributed by atoms with Crippen LogP contribution in [0.4, 0.5) is 4.39 Å². The lowest BCUT2D eigenvalue weighted by Gasteiger charge is -2.20. The Balaban J connectivity index is 2.55. The zero-order valence-electron chi connectivity index (χ0n) is 11.1. The molecule has 0 spiro atoms. The van der Waals surface area contributed by atoms with Gasteiger partial charge in [0.15, 0.2) is 0 Å². The molecule has 1 rings (SSSR count). The maximum Gasteiger partial charge on any atom is 0.128 e. The van der Waals surface area contributed by atoms with Crippen LogP contribution < -0.4 is 5.32 Å². The first-order valence-corrected chi connectivity index (χ1v) is 6.31. The van der Waals surface area contributed by atoms with Crippen LogP contribution in [0.3, 0.4) is 0 Å². The van der Waals surface area contributed by atoms with E-state index < -0.39 is 0 Å². The van der Waals surface area contributed by atoms with Crippen molar-refractivity contribution in [3.8, 4) is 0 Å². The first kappa shape index (κ1) is 14.9. The van der Waals surface area contributed by atoms with Gasteiger partial charge in [-0.1, -0.05) is 19.1 Å². The van der Waals surface area contributed by atoms with Crippen molar-refractivity contribution in [3.63, 3.8) is 0 Å². The van der Waals surface area contributed by atoms with Gasteiger partial charge in [-0.25, -0.2) is 4.39 Å². The molecule has 0 fully saturated rings. The van der Waals surface area contributed by atoms with Crippen molar-refractivity contribution >= 4 is 0 Å². The van der Waals surface area contributed by atoms with Crippen LogP contribution in [0.25, 0.3) is 0 Å². The zero-order valence-corrected chi connectivity index (χ0v) is 11.1. The molecule has 0 aliphatic rings. The first-order valence-electron chi connectivity index (χ1n) is 6.31. The van der Waals surface area contributed by atoms with Gasteiger partial charge in [-0.3, -0.25) is 0 Å². The maximum atomic E-state index is 13.2. The molecule has 0 aliphatic heterocycles. The molecule has 0 radical (unpaired) electrons. The lowest BCUT2D eigenvalue weighted by Crippen LogP contribution is -2.31. The number of hydrogen-bond acceptors (Lipinski definition) is 2. The number of allylic oxidation sites excluding steroid dienone is 1. The average molecular weight is 251 g/mol. The Kier molecular flexibility index (Phi) is 6.02. The van der Waals surface area contributed by atoms with Gasteiger partial charge in [-0.05, 0) is 37.0 Å². The Morgan fingerprint density at radius 2 is 2.17 bits per heavy atom. The summed E-state index contributed by atoms with van der Waals surface area (Å²) in [7, 11) is 0. The molecule has 1 aromatic carbocycles. The number of aliphatic hydroxyl groups excluding tert-OH is 1. The van der Waals surface area contributed by atoms with E-state index in [-0.39, 0.29) is 12.4 Å². The van der Waals surface area contributed by atoms with Crippen molar-refractivity contribution in [2.45, 2.75) is 39.5 Å². The number of aliphatic hydroxyl groups is 1. The SMILES string of the molecule is C=CCC(C)C(C)NCc1ccc(F)c(CO)c1. The summed E-state index contributed by atoms with van der Waals surface area (Å²) in [6.45, 7) is 8.45. The second kappa shape index (κ2) is 7.29.